The molecule has 1 heterocycles. The summed E-state index contributed by atoms with van der Waals surface area (Å²) in [6.07, 6.45) is 5.31. The maximum absolute atomic E-state index is 13.1. The van der Waals surface area contributed by atoms with Crippen LogP contribution in [0.3, 0.4) is 0 Å². The molecule has 0 radical (unpaired) electrons. The Balaban J connectivity index is 1.44. The van der Waals surface area contributed by atoms with E-state index in [1.165, 1.54) is 23.0 Å². The molecule has 1 aromatic heterocycles. The molecular formula is C21H18ClFN4O. The molecule has 3 aromatic rings. The third kappa shape index (κ3) is 4.28. The second-order valence-electron chi connectivity index (χ2n) is 6.71. The maximum atomic E-state index is 13.1. The van der Waals surface area contributed by atoms with Crippen molar-refractivity contribution in [3.8, 4) is 0 Å². The number of rotatable bonds is 5. The molecule has 142 valence electrons. The molecule has 0 aliphatic heterocycles. The van der Waals surface area contributed by atoms with Gasteiger partial charge in [-0.3, -0.25) is 4.57 Å². The van der Waals surface area contributed by atoms with Crippen LogP contribution in [0.25, 0.3) is 5.57 Å². The second kappa shape index (κ2) is 7.94. The summed E-state index contributed by atoms with van der Waals surface area (Å²) in [5.74, 6) is 0.0588. The van der Waals surface area contributed by atoms with Crippen molar-refractivity contribution in [1.29, 1.82) is 0 Å². The highest BCUT2D eigenvalue weighted by atomic mass is 35.5. The highest BCUT2D eigenvalue weighted by Crippen LogP contribution is 2.29. The lowest BCUT2D eigenvalue weighted by Crippen LogP contribution is -2.27. The molecule has 0 fully saturated rings. The number of hydrogen-bond acceptors (Lipinski definition) is 4. The molecular weight excluding hydrogens is 379 g/mol. The Kier molecular flexibility index (Phi) is 5.21. The minimum atomic E-state index is -0.367. The van der Waals surface area contributed by atoms with Gasteiger partial charge in [0.05, 0.1) is 6.54 Å². The summed E-state index contributed by atoms with van der Waals surface area (Å²) in [6.45, 7) is 0.383. The van der Waals surface area contributed by atoms with Crippen LogP contribution in [0.1, 0.15) is 24.0 Å². The van der Waals surface area contributed by atoms with Crippen LogP contribution in [0.4, 0.5) is 10.3 Å². The highest BCUT2D eigenvalue weighted by Gasteiger charge is 2.18. The van der Waals surface area contributed by atoms with Gasteiger partial charge in [-0.05, 0) is 53.8 Å². The van der Waals surface area contributed by atoms with Crippen molar-refractivity contribution >= 4 is 23.1 Å². The zero-order valence-corrected chi connectivity index (χ0v) is 15.7. The second-order valence-corrected chi connectivity index (χ2v) is 7.14. The Labute approximate surface area is 166 Å². The van der Waals surface area contributed by atoms with Crippen molar-refractivity contribution < 1.29 is 4.39 Å². The molecule has 1 aliphatic carbocycles. The minimum Gasteiger partial charge on any atom is -0.348 e. The van der Waals surface area contributed by atoms with Gasteiger partial charge in [0.1, 0.15) is 12.1 Å². The molecule has 4 rings (SSSR count). The molecule has 0 spiro atoms. The van der Waals surface area contributed by atoms with Gasteiger partial charge in [0.25, 0.3) is 0 Å². The molecule has 5 nitrogen and oxygen atoms in total. The predicted octanol–water partition coefficient (Wildman–Crippen LogP) is 4.14. The molecule has 0 bridgehead atoms. The maximum Gasteiger partial charge on any atom is 0.352 e. The molecule has 1 N–H and O–H groups in total. The van der Waals surface area contributed by atoms with Gasteiger partial charge in [0.2, 0.25) is 5.95 Å². The van der Waals surface area contributed by atoms with E-state index < -0.39 is 0 Å². The Hall–Kier alpha value is -2.99. The summed E-state index contributed by atoms with van der Waals surface area (Å²) in [5, 5.41) is 3.84. The van der Waals surface area contributed by atoms with Crippen LogP contribution in [0.15, 0.2) is 65.7 Å². The lowest BCUT2D eigenvalue weighted by atomic mass is 10.1. The van der Waals surface area contributed by atoms with Crippen LogP contribution in [-0.4, -0.2) is 20.6 Å². The van der Waals surface area contributed by atoms with Crippen molar-refractivity contribution in [3.63, 3.8) is 0 Å². The van der Waals surface area contributed by atoms with E-state index in [4.69, 9.17) is 11.6 Å². The number of anilines is 1. The number of nitrogens with zero attached hydrogens (tertiary/aromatic N) is 3. The van der Waals surface area contributed by atoms with Gasteiger partial charge in [-0.1, -0.05) is 41.9 Å². The number of aromatic nitrogens is 3. The molecule has 0 saturated carbocycles. The molecule has 28 heavy (non-hydrogen) atoms. The van der Waals surface area contributed by atoms with E-state index in [1.807, 2.05) is 12.1 Å². The van der Waals surface area contributed by atoms with Crippen LogP contribution >= 0.6 is 11.6 Å². The lowest BCUT2D eigenvalue weighted by Gasteiger charge is -2.11. The van der Waals surface area contributed by atoms with Gasteiger partial charge >= 0.3 is 5.69 Å². The normalized spacial score (nSPS) is 16.1. The van der Waals surface area contributed by atoms with Crippen molar-refractivity contribution in [1.82, 2.24) is 14.5 Å². The Morgan fingerprint density at radius 2 is 1.89 bits per heavy atom. The first-order valence-corrected chi connectivity index (χ1v) is 9.36. The Bertz CT molecular complexity index is 1060. The van der Waals surface area contributed by atoms with Crippen molar-refractivity contribution in [2.45, 2.75) is 25.4 Å². The van der Waals surface area contributed by atoms with Gasteiger partial charge in [0, 0.05) is 11.1 Å². The van der Waals surface area contributed by atoms with Crippen LogP contribution in [-0.2, 0) is 6.54 Å². The largest absolute Gasteiger partial charge is 0.352 e. The van der Waals surface area contributed by atoms with Crippen LogP contribution in [0.2, 0.25) is 5.02 Å². The van der Waals surface area contributed by atoms with Crippen molar-refractivity contribution in [3.05, 3.63) is 93.4 Å². The number of hydrogen-bond donors (Lipinski definition) is 1. The fourth-order valence-corrected chi connectivity index (χ4v) is 3.35. The van der Waals surface area contributed by atoms with E-state index in [9.17, 15) is 9.18 Å². The summed E-state index contributed by atoms with van der Waals surface area (Å²) in [7, 11) is 0. The molecule has 7 heteroatoms. The zero-order valence-electron chi connectivity index (χ0n) is 15.0. The van der Waals surface area contributed by atoms with Gasteiger partial charge in [-0.2, -0.15) is 4.98 Å². The molecule has 0 amide bonds. The average Bonchev–Trinajstić information content (AvgIpc) is 3.15. The first-order chi connectivity index (χ1) is 13.6. The van der Waals surface area contributed by atoms with Crippen LogP contribution < -0.4 is 11.0 Å². The number of allylic oxidation sites excluding steroid dienone is 1. The standard InChI is InChI=1S/C21H18ClFN4O/c22-17-6-1-14(2-7-17)12-27-13-24-20(26-21(27)28)25-19-10-5-16(11-19)15-3-8-18(23)9-4-15/h1-4,6-9,11,13,19H,5,10,12H2,(H,25,26,28). The fraction of sp³-hybridized carbons (Fsp3) is 0.190. The first-order valence-electron chi connectivity index (χ1n) is 8.98. The molecule has 1 unspecified atom stereocenters. The third-order valence-electron chi connectivity index (χ3n) is 4.69. The molecule has 2 aromatic carbocycles. The van der Waals surface area contributed by atoms with E-state index in [0.29, 0.717) is 17.5 Å². The smallest absolute Gasteiger partial charge is 0.348 e. The zero-order chi connectivity index (χ0) is 19.5. The summed E-state index contributed by atoms with van der Waals surface area (Å²) in [5.41, 5.74) is 2.73. The molecule has 1 aliphatic rings. The quantitative estimate of drug-likeness (QED) is 0.704. The van der Waals surface area contributed by atoms with E-state index in [1.54, 1.807) is 24.3 Å². The summed E-state index contributed by atoms with van der Waals surface area (Å²) >= 11 is 5.88. The summed E-state index contributed by atoms with van der Waals surface area (Å²) in [4.78, 5) is 20.6. The van der Waals surface area contributed by atoms with Gasteiger partial charge < -0.3 is 5.32 Å². The van der Waals surface area contributed by atoms with Gasteiger partial charge in [-0.25, -0.2) is 14.2 Å². The first kappa shape index (κ1) is 18.4. The van der Waals surface area contributed by atoms with Gasteiger partial charge in [0.15, 0.2) is 0 Å². The Morgan fingerprint density at radius 1 is 1.14 bits per heavy atom. The van der Waals surface area contributed by atoms with Crippen LogP contribution in [0, 0.1) is 5.82 Å². The van der Waals surface area contributed by atoms with Crippen LogP contribution in [0.5, 0.6) is 0 Å². The third-order valence-corrected chi connectivity index (χ3v) is 4.94. The summed E-state index contributed by atoms with van der Waals surface area (Å²) in [6, 6.07) is 13.8. The average molecular weight is 397 g/mol. The lowest BCUT2D eigenvalue weighted by molar-refractivity contribution is 0.627. The Morgan fingerprint density at radius 3 is 2.61 bits per heavy atom. The van der Waals surface area contributed by atoms with Crippen molar-refractivity contribution in [2.75, 3.05) is 5.32 Å². The highest BCUT2D eigenvalue weighted by molar-refractivity contribution is 6.30. The number of nitrogens with one attached hydrogen (secondary N) is 1. The van der Waals surface area contributed by atoms with E-state index >= 15 is 0 Å². The monoisotopic (exact) mass is 396 g/mol. The van der Waals surface area contributed by atoms with E-state index in [-0.39, 0.29) is 17.5 Å². The topological polar surface area (TPSA) is 59.8 Å². The van der Waals surface area contributed by atoms with Gasteiger partial charge in [-0.15, -0.1) is 0 Å². The van der Waals surface area contributed by atoms with E-state index in [2.05, 4.69) is 21.4 Å². The van der Waals surface area contributed by atoms with Crippen molar-refractivity contribution in [2.24, 2.45) is 0 Å². The number of benzene rings is 2. The molecule has 1 atom stereocenters. The predicted molar refractivity (Wildman–Crippen MR) is 108 cm³/mol. The number of halogens is 2. The minimum absolute atomic E-state index is 0.0339. The summed E-state index contributed by atoms with van der Waals surface area (Å²) < 4.78 is 14.5. The fourth-order valence-electron chi connectivity index (χ4n) is 3.23. The molecule has 0 saturated heterocycles. The van der Waals surface area contributed by atoms with E-state index in [0.717, 1.165) is 29.5 Å². The SMILES string of the molecule is O=c1nc(NC2C=C(c3ccc(F)cc3)CC2)ncn1Cc1ccc(Cl)cc1.